The first-order valence-electron chi connectivity index (χ1n) is 13.0. The van der Waals surface area contributed by atoms with E-state index in [1.807, 2.05) is 19.1 Å². The molecule has 5 unspecified atom stereocenters. The fraction of sp³-hybridized carbons (Fsp3) is 0.414. The molecule has 0 saturated heterocycles. The highest BCUT2D eigenvalue weighted by atomic mass is 16.7. The number of hydrogen-bond donors (Lipinski definition) is 4. The Morgan fingerprint density at radius 3 is 2.64 bits per heavy atom. The number of carboxylic acids is 1. The van der Waals surface area contributed by atoms with Gasteiger partial charge in [0.1, 0.15) is 23.2 Å². The Morgan fingerprint density at radius 2 is 1.90 bits per heavy atom. The van der Waals surface area contributed by atoms with E-state index in [-0.39, 0.29) is 83.0 Å². The molecule has 2 heterocycles. The number of amides is 1. The Bertz CT molecular complexity index is 1540. The predicted octanol–water partition coefficient (Wildman–Crippen LogP) is 2.91. The number of rotatable bonds is 1. The van der Waals surface area contributed by atoms with Crippen molar-refractivity contribution in [3.8, 4) is 11.5 Å². The molecule has 1 aromatic rings. The van der Waals surface area contributed by atoms with Gasteiger partial charge in [-0.25, -0.2) is 0 Å². The van der Waals surface area contributed by atoms with E-state index < -0.39 is 35.8 Å². The number of phenolic OH excluding ortho intramolecular Hbond substituents is 1. The summed E-state index contributed by atoms with van der Waals surface area (Å²) < 4.78 is 11.8. The van der Waals surface area contributed by atoms with E-state index in [0.29, 0.717) is 23.1 Å². The fourth-order valence-electron chi connectivity index (χ4n) is 7.25. The van der Waals surface area contributed by atoms with Gasteiger partial charge in [-0.1, -0.05) is 12.2 Å². The van der Waals surface area contributed by atoms with Gasteiger partial charge in [0, 0.05) is 52.9 Å². The molecule has 10 nitrogen and oxygen atoms in total. The summed E-state index contributed by atoms with van der Waals surface area (Å²) in [6.07, 6.45) is 2.77. The minimum absolute atomic E-state index is 0.0559. The summed E-state index contributed by atoms with van der Waals surface area (Å²) in [6, 6.07) is 0. The van der Waals surface area contributed by atoms with Crippen molar-refractivity contribution in [2.45, 2.75) is 44.8 Å². The van der Waals surface area contributed by atoms with Crippen LogP contribution in [0.25, 0.3) is 5.57 Å². The van der Waals surface area contributed by atoms with Crippen LogP contribution in [-0.4, -0.2) is 62.9 Å². The number of phenols is 1. The molecule has 5 atom stereocenters. The third-order valence-electron chi connectivity index (χ3n) is 9.19. The molecule has 0 fully saturated rings. The van der Waals surface area contributed by atoms with Gasteiger partial charge in [0.05, 0.1) is 23.7 Å². The van der Waals surface area contributed by atoms with Crippen LogP contribution in [0.1, 0.15) is 59.3 Å². The Balaban J connectivity index is 1.48. The molecule has 4 aliphatic carbocycles. The summed E-state index contributed by atoms with van der Waals surface area (Å²) >= 11 is 0. The standard InChI is InChI=1S/C29H27NO9/c1-10-5-11-6-12-7-17-22-23(18(12)25(33)19(11)28(35)30(10)2)24(32)15-8-14-13(29(36)37)3-4-16(31)20(14)26(34)21(15)27(22)39-9-38-17/h5-6,11,13,16-17,19,31-33H,3-4,7-9H2,1-2H3,(H,36,37). The lowest BCUT2D eigenvalue weighted by Gasteiger charge is -2.42. The molecular weight excluding hydrogens is 506 g/mol. The van der Waals surface area contributed by atoms with E-state index in [4.69, 9.17) is 9.47 Å². The molecule has 6 aliphatic rings. The maximum absolute atomic E-state index is 13.9. The highest BCUT2D eigenvalue weighted by Crippen LogP contribution is 2.59. The van der Waals surface area contributed by atoms with Crippen LogP contribution in [0.3, 0.4) is 0 Å². The van der Waals surface area contributed by atoms with E-state index >= 15 is 0 Å². The Kier molecular flexibility index (Phi) is 5.00. The molecule has 0 bridgehead atoms. The zero-order chi connectivity index (χ0) is 27.5. The van der Waals surface area contributed by atoms with Gasteiger partial charge >= 0.3 is 5.97 Å². The number of ketones is 1. The predicted molar refractivity (Wildman–Crippen MR) is 135 cm³/mol. The minimum atomic E-state index is -1.11. The summed E-state index contributed by atoms with van der Waals surface area (Å²) in [5.74, 6) is -4.36. The lowest BCUT2D eigenvalue weighted by molar-refractivity contribution is -0.141. The Morgan fingerprint density at radius 1 is 1.13 bits per heavy atom. The summed E-state index contributed by atoms with van der Waals surface area (Å²) in [5.41, 5.74) is 3.09. The summed E-state index contributed by atoms with van der Waals surface area (Å²) in [5, 5.41) is 43.9. The highest BCUT2D eigenvalue weighted by Gasteiger charge is 2.49. The summed E-state index contributed by atoms with van der Waals surface area (Å²) in [4.78, 5) is 40.6. The van der Waals surface area contributed by atoms with Gasteiger partial charge in [0.15, 0.2) is 12.6 Å². The topological polar surface area (TPSA) is 154 Å². The number of fused-ring (bicyclic) bond motifs is 5. The van der Waals surface area contributed by atoms with Crippen LogP contribution < -0.4 is 4.74 Å². The number of ether oxygens (including phenoxy) is 2. The van der Waals surface area contributed by atoms with Crippen molar-refractivity contribution in [2.24, 2.45) is 17.8 Å². The van der Waals surface area contributed by atoms with Crippen molar-refractivity contribution >= 4 is 23.2 Å². The third-order valence-corrected chi connectivity index (χ3v) is 9.19. The molecule has 0 saturated carbocycles. The maximum Gasteiger partial charge on any atom is 0.310 e. The first kappa shape index (κ1) is 24.2. The van der Waals surface area contributed by atoms with Crippen molar-refractivity contribution in [3.63, 3.8) is 0 Å². The fourth-order valence-corrected chi connectivity index (χ4v) is 7.25. The number of carbonyl (C=O) groups excluding carboxylic acids is 2. The van der Waals surface area contributed by atoms with Gasteiger partial charge in [0.2, 0.25) is 5.91 Å². The molecule has 39 heavy (non-hydrogen) atoms. The molecule has 0 radical (unpaired) electrons. The van der Waals surface area contributed by atoms with Crippen LogP contribution in [0, 0.1) is 17.8 Å². The quantitative estimate of drug-likeness (QED) is 0.427. The number of aromatic hydroxyl groups is 1. The second kappa shape index (κ2) is 8.06. The molecule has 10 heteroatoms. The van der Waals surface area contributed by atoms with E-state index in [1.54, 1.807) is 7.05 Å². The minimum Gasteiger partial charge on any atom is -0.511 e. The van der Waals surface area contributed by atoms with Crippen molar-refractivity contribution in [1.82, 2.24) is 4.90 Å². The van der Waals surface area contributed by atoms with E-state index in [2.05, 4.69) is 0 Å². The van der Waals surface area contributed by atoms with Crippen LogP contribution in [0.5, 0.6) is 11.5 Å². The van der Waals surface area contributed by atoms with Gasteiger partial charge in [-0.15, -0.1) is 0 Å². The molecule has 202 valence electrons. The second-order valence-electron chi connectivity index (χ2n) is 11.1. The number of benzene rings is 1. The third kappa shape index (κ3) is 3.07. The molecule has 2 aliphatic heterocycles. The number of aliphatic hydroxyl groups excluding tert-OH is 2. The van der Waals surface area contributed by atoms with Gasteiger partial charge in [-0.3, -0.25) is 14.4 Å². The van der Waals surface area contributed by atoms with Crippen LogP contribution in [0.15, 0.2) is 40.3 Å². The monoisotopic (exact) mass is 533 g/mol. The normalized spacial score (nSPS) is 30.8. The van der Waals surface area contributed by atoms with Crippen LogP contribution in [-0.2, 0) is 20.7 Å². The Labute approximate surface area is 223 Å². The van der Waals surface area contributed by atoms with Crippen LogP contribution in [0.2, 0.25) is 0 Å². The second-order valence-corrected chi connectivity index (χ2v) is 11.1. The zero-order valence-electron chi connectivity index (χ0n) is 21.4. The van der Waals surface area contributed by atoms with Crippen LogP contribution >= 0.6 is 0 Å². The number of Topliss-reactive ketones (excluding diaryl/α,β-unsaturated/α-hetero) is 1. The van der Waals surface area contributed by atoms with Gasteiger partial charge in [0.25, 0.3) is 0 Å². The zero-order valence-corrected chi connectivity index (χ0v) is 21.4. The molecule has 4 N–H and O–H groups in total. The first-order valence-corrected chi connectivity index (χ1v) is 13.0. The molecule has 7 rings (SSSR count). The summed E-state index contributed by atoms with van der Waals surface area (Å²) in [7, 11) is 1.65. The first-order chi connectivity index (χ1) is 18.6. The number of allylic oxidation sites excluding steroid dienone is 4. The average molecular weight is 534 g/mol. The lowest BCUT2D eigenvalue weighted by Crippen LogP contribution is -2.42. The van der Waals surface area contributed by atoms with Gasteiger partial charge < -0.3 is 34.8 Å². The van der Waals surface area contributed by atoms with Crippen molar-refractivity contribution in [1.29, 1.82) is 0 Å². The highest BCUT2D eigenvalue weighted by molar-refractivity contribution is 6.16. The lowest BCUT2D eigenvalue weighted by atomic mass is 9.67. The van der Waals surface area contributed by atoms with Crippen molar-refractivity contribution in [2.75, 3.05) is 13.8 Å². The summed E-state index contributed by atoms with van der Waals surface area (Å²) in [6.45, 7) is 1.69. The number of aliphatic hydroxyl groups is 2. The number of carbonyl (C=O) groups is 3. The number of aliphatic carboxylic acids is 1. The van der Waals surface area contributed by atoms with E-state index in [9.17, 15) is 34.8 Å². The Hall–Kier alpha value is -3.89. The van der Waals surface area contributed by atoms with Gasteiger partial charge in [-0.2, -0.15) is 0 Å². The van der Waals surface area contributed by atoms with Crippen molar-refractivity contribution in [3.05, 3.63) is 62.6 Å². The number of nitrogens with zero attached hydrogens (tertiary/aromatic N) is 1. The molecule has 0 aromatic heterocycles. The van der Waals surface area contributed by atoms with Gasteiger partial charge in [-0.05, 0) is 37.3 Å². The van der Waals surface area contributed by atoms with E-state index in [1.165, 1.54) is 4.90 Å². The molecule has 1 amide bonds. The molecular formula is C29H27NO9. The molecule has 1 aromatic carbocycles. The number of hydrogen-bond acceptors (Lipinski definition) is 8. The largest absolute Gasteiger partial charge is 0.511 e. The van der Waals surface area contributed by atoms with Crippen molar-refractivity contribution < 1.29 is 44.3 Å². The smallest absolute Gasteiger partial charge is 0.310 e. The maximum atomic E-state index is 13.9. The average Bonchev–Trinajstić information content (AvgIpc) is 2.89. The SMILES string of the molecule is CC1=CC2C=C3CC4OCOc5c6c(c(O)c(c54)C3=C(O)C2C(=O)N1C)CC1=C(C6=O)C(O)CCC1C(=O)O. The molecule has 0 spiro atoms. The van der Waals surface area contributed by atoms with Crippen LogP contribution in [0.4, 0.5) is 0 Å². The van der Waals surface area contributed by atoms with E-state index in [0.717, 1.165) is 5.70 Å². The number of carboxylic acid groups (broad SMARTS) is 1.